The summed E-state index contributed by atoms with van der Waals surface area (Å²) in [6.07, 6.45) is 0. The van der Waals surface area contributed by atoms with Crippen LogP contribution in [0.5, 0.6) is 11.6 Å². The van der Waals surface area contributed by atoms with Crippen LogP contribution < -0.4 is 10.5 Å². The van der Waals surface area contributed by atoms with Crippen molar-refractivity contribution >= 4 is 11.5 Å². The monoisotopic (exact) mass is 272 g/mol. The molecule has 1 aromatic carbocycles. The van der Waals surface area contributed by atoms with E-state index in [1.807, 2.05) is 0 Å². The minimum Gasteiger partial charge on any atom is -0.439 e. The number of ether oxygens (including phenoxy) is 1. The third kappa shape index (κ3) is 3.08. The number of rotatable bonds is 4. The largest absolute Gasteiger partial charge is 0.439 e. The Kier molecular flexibility index (Phi) is 3.60. The van der Waals surface area contributed by atoms with Gasteiger partial charge in [0.1, 0.15) is 11.6 Å². The summed E-state index contributed by atoms with van der Waals surface area (Å²) < 4.78 is 5.50. The molecule has 2 rings (SSSR count). The molecular weight excluding hydrogens is 260 g/mol. The number of hydrogen-bond donors (Lipinski definition) is 2. The first kappa shape index (κ1) is 13.5. The van der Waals surface area contributed by atoms with E-state index in [0.717, 1.165) is 0 Å². The van der Waals surface area contributed by atoms with Crippen molar-refractivity contribution in [2.45, 2.75) is 6.92 Å². The number of nitrogens with one attached hydrogen (secondary N) is 1. The Labute approximate surface area is 114 Å². The number of nitrogens with zero attached hydrogens (tertiary/aromatic N) is 2. The van der Waals surface area contributed by atoms with E-state index in [1.54, 1.807) is 13.0 Å². The van der Waals surface area contributed by atoms with Gasteiger partial charge in [-0.3, -0.25) is 15.5 Å². The number of aryl methyl sites for hydroxylation is 1. The second-order valence-electron chi connectivity index (χ2n) is 4.10. The number of non-ortho nitro benzene ring substituents is 1. The van der Waals surface area contributed by atoms with Gasteiger partial charge in [-0.25, -0.2) is 4.98 Å². The van der Waals surface area contributed by atoms with E-state index >= 15 is 0 Å². The normalized spacial score (nSPS) is 10.1. The number of nitrogen functional groups attached to an aromatic ring is 1. The van der Waals surface area contributed by atoms with Crippen LogP contribution in [0.2, 0.25) is 0 Å². The highest BCUT2D eigenvalue weighted by Gasteiger charge is 2.07. The summed E-state index contributed by atoms with van der Waals surface area (Å²) in [6, 6.07) is 8.86. The highest BCUT2D eigenvalue weighted by atomic mass is 16.6. The number of nitro benzene ring substituents is 1. The first-order valence-electron chi connectivity index (χ1n) is 5.71. The van der Waals surface area contributed by atoms with Gasteiger partial charge in [0.2, 0.25) is 5.88 Å². The fraction of sp³-hybridized carbons (Fsp3) is 0.0769. The lowest BCUT2D eigenvalue weighted by molar-refractivity contribution is -0.384. The Balaban J connectivity index is 2.25. The molecule has 0 amide bonds. The highest BCUT2D eigenvalue weighted by molar-refractivity contribution is 5.95. The third-order valence-electron chi connectivity index (χ3n) is 2.51. The van der Waals surface area contributed by atoms with Crippen molar-refractivity contribution in [3.63, 3.8) is 0 Å². The average Bonchev–Trinajstić information content (AvgIpc) is 2.38. The molecule has 3 N–H and O–H groups in total. The molecule has 7 nitrogen and oxygen atoms in total. The number of pyridine rings is 1. The molecule has 0 unspecified atom stereocenters. The summed E-state index contributed by atoms with van der Waals surface area (Å²) in [5, 5.41) is 18.0. The summed E-state index contributed by atoms with van der Waals surface area (Å²) in [7, 11) is 0. The molecule has 1 aromatic heterocycles. The van der Waals surface area contributed by atoms with Crippen LogP contribution in [0.1, 0.15) is 11.3 Å². The van der Waals surface area contributed by atoms with Crippen LogP contribution in [0, 0.1) is 22.4 Å². The Morgan fingerprint density at radius 2 is 2.00 bits per heavy atom. The van der Waals surface area contributed by atoms with Gasteiger partial charge in [-0.1, -0.05) is 0 Å². The number of nitrogens with two attached hydrogens (primary N) is 1. The first-order valence-corrected chi connectivity index (χ1v) is 5.71. The molecular formula is C13H12N4O3. The van der Waals surface area contributed by atoms with E-state index in [4.69, 9.17) is 15.9 Å². The second kappa shape index (κ2) is 5.35. The Morgan fingerprint density at radius 3 is 2.55 bits per heavy atom. The van der Waals surface area contributed by atoms with Crippen LogP contribution >= 0.6 is 0 Å². The average molecular weight is 272 g/mol. The zero-order chi connectivity index (χ0) is 14.7. The fourth-order valence-corrected chi connectivity index (χ4v) is 1.60. The topological polar surface area (TPSA) is 115 Å². The minimum atomic E-state index is -0.484. The van der Waals surface area contributed by atoms with Gasteiger partial charge in [0.15, 0.2) is 0 Å². The van der Waals surface area contributed by atoms with Crippen LogP contribution in [0.4, 0.5) is 5.69 Å². The van der Waals surface area contributed by atoms with Crippen molar-refractivity contribution in [3.8, 4) is 11.6 Å². The summed E-state index contributed by atoms with van der Waals surface area (Å²) in [4.78, 5) is 14.2. The van der Waals surface area contributed by atoms with Crippen molar-refractivity contribution in [1.29, 1.82) is 5.41 Å². The molecule has 2 aromatic rings. The number of amidine groups is 1. The SMILES string of the molecule is Cc1cc(C(=N)N)cc(Oc2ccc([N+](=O)[O-])cc2)n1. The van der Waals surface area contributed by atoms with Gasteiger partial charge in [-0.2, -0.15) is 0 Å². The molecule has 1 heterocycles. The lowest BCUT2D eigenvalue weighted by Crippen LogP contribution is -2.11. The summed E-state index contributed by atoms with van der Waals surface area (Å²) in [5.74, 6) is 0.622. The van der Waals surface area contributed by atoms with Gasteiger partial charge in [-0.05, 0) is 25.1 Å². The van der Waals surface area contributed by atoms with Crippen molar-refractivity contribution < 1.29 is 9.66 Å². The molecule has 7 heteroatoms. The maximum Gasteiger partial charge on any atom is 0.269 e. The molecule has 0 atom stereocenters. The minimum absolute atomic E-state index is 0.0148. The van der Waals surface area contributed by atoms with Gasteiger partial charge >= 0.3 is 0 Å². The van der Waals surface area contributed by atoms with Crippen LogP contribution in [-0.2, 0) is 0 Å². The van der Waals surface area contributed by atoms with E-state index in [2.05, 4.69) is 4.98 Å². The molecule has 0 radical (unpaired) electrons. The van der Waals surface area contributed by atoms with Gasteiger partial charge in [-0.15, -0.1) is 0 Å². The molecule has 102 valence electrons. The van der Waals surface area contributed by atoms with Gasteiger partial charge in [0.25, 0.3) is 5.69 Å². The van der Waals surface area contributed by atoms with Crippen LogP contribution in [0.3, 0.4) is 0 Å². The number of nitro groups is 1. The molecule has 0 aliphatic carbocycles. The molecule has 0 saturated heterocycles. The van der Waals surface area contributed by atoms with Crippen molar-refractivity contribution in [3.05, 3.63) is 57.8 Å². The van der Waals surface area contributed by atoms with E-state index in [0.29, 0.717) is 17.0 Å². The Morgan fingerprint density at radius 1 is 1.35 bits per heavy atom. The number of aromatic nitrogens is 1. The lowest BCUT2D eigenvalue weighted by Gasteiger charge is -2.07. The number of benzene rings is 1. The first-order chi connectivity index (χ1) is 9.45. The molecule has 0 fully saturated rings. The van der Waals surface area contributed by atoms with Gasteiger partial charge in [0.05, 0.1) is 4.92 Å². The molecule has 0 saturated carbocycles. The third-order valence-corrected chi connectivity index (χ3v) is 2.51. The van der Waals surface area contributed by atoms with Crippen LogP contribution in [-0.4, -0.2) is 15.7 Å². The van der Waals surface area contributed by atoms with E-state index < -0.39 is 4.92 Å². The number of hydrogen-bond acceptors (Lipinski definition) is 5. The zero-order valence-electron chi connectivity index (χ0n) is 10.7. The van der Waals surface area contributed by atoms with Gasteiger partial charge in [0, 0.05) is 29.5 Å². The fourth-order valence-electron chi connectivity index (χ4n) is 1.60. The molecule has 0 aliphatic heterocycles. The maximum atomic E-state index is 10.5. The smallest absolute Gasteiger partial charge is 0.269 e. The summed E-state index contributed by atoms with van der Waals surface area (Å²) >= 11 is 0. The second-order valence-corrected chi connectivity index (χ2v) is 4.10. The van der Waals surface area contributed by atoms with E-state index in [1.165, 1.54) is 30.3 Å². The Bertz CT molecular complexity index is 668. The molecule has 0 bridgehead atoms. The van der Waals surface area contributed by atoms with Crippen molar-refractivity contribution in [1.82, 2.24) is 4.98 Å². The predicted octanol–water partition coefficient (Wildman–Crippen LogP) is 2.37. The quantitative estimate of drug-likeness (QED) is 0.383. The van der Waals surface area contributed by atoms with Crippen LogP contribution in [0.15, 0.2) is 36.4 Å². The standard InChI is InChI=1S/C13H12N4O3/c1-8-6-9(13(14)15)7-12(16-8)20-11-4-2-10(3-5-11)17(18)19/h2-7H,1H3,(H3,14,15). The summed E-state index contributed by atoms with van der Waals surface area (Å²) in [6.45, 7) is 1.76. The predicted molar refractivity (Wildman–Crippen MR) is 73.2 cm³/mol. The van der Waals surface area contributed by atoms with Crippen molar-refractivity contribution in [2.75, 3.05) is 0 Å². The molecule has 0 spiro atoms. The maximum absolute atomic E-state index is 10.5. The van der Waals surface area contributed by atoms with Crippen LogP contribution in [0.25, 0.3) is 0 Å². The molecule has 0 aliphatic rings. The van der Waals surface area contributed by atoms with Gasteiger partial charge < -0.3 is 10.5 Å². The Hall–Kier alpha value is -2.96. The zero-order valence-corrected chi connectivity index (χ0v) is 10.7. The molecule has 20 heavy (non-hydrogen) atoms. The van der Waals surface area contributed by atoms with Crippen molar-refractivity contribution in [2.24, 2.45) is 5.73 Å². The lowest BCUT2D eigenvalue weighted by atomic mass is 10.2. The highest BCUT2D eigenvalue weighted by Crippen LogP contribution is 2.23. The van der Waals surface area contributed by atoms with E-state index in [-0.39, 0.29) is 17.4 Å². The summed E-state index contributed by atoms with van der Waals surface area (Å²) in [5.41, 5.74) is 6.58. The van der Waals surface area contributed by atoms with E-state index in [9.17, 15) is 10.1 Å².